The molecule has 18 rings (SSSR count). The summed E-state index contributed by atoms with van der Waals surface area (Å²) >= 11 is 0. The van der Waals surface area contributed by atoms with Crippen LogP contribution in [0.3, 0.4) is 0 Å². The van der Waals surface area contributed by atoms with Crippen LogP contribution in [0.25, 0.3) is 9.69 Å². The molecule has 0 aromatic carbocycles. The first kappa shape index (κ1) is 105. The molecule has 0 bridgehead atoms. The van der Waals surface area contributed by atoms with Crippen LogP contribution in [-0.2, 0) is 101 Å². The van der Waals surface area contributed by atoms with Crippen LogP contribution < -0.4 is 0 Å². The van der Waals surface area contributed by atoms with Gasteiger partial charge in [0.25, 0.3) is 6.04 Å². The van der Waals surface area contributed by atoms with E-state index in [1.807, 2.05) is 69.2 Å². The number of carbonyl (C=O) groups is 18. The standard InChI is InChI=1S/C20H24O5.C20H26O4.C20H28O3.C19H19NO3.C19H17NO3.C18H20O3/c1-11(21)25-17-9-12(22)8-14-19(4)7-6-15(23)18(2,3)13(19)10-16(24)20(14,17)5;1-12(21)24-17-11-13(22)10-15-19(4)9-7-16(23)18(2,3)14(19)6-8-20(15,17)5;1-13(21)23-17-8-6-7-15-19(4)12-10-16(22)18(2,3)14(19)9-11-20(15,17)5;2*1-17(2)13-9-15(22)18(3)7-6-11(21)8-14(18)19(13,4)10-12(20-5)16(17)23;1-16(2)12-10-15(21)18(4)7-5-11(19)9-13(18)17(12,3)8-6-14(16)20/h8,10,17H,6-7,9H2,1-5H3;6,10,17H,7-9,11H2,1-5H3;7,9,17H,6,8,10-12H2,1-5H3;6-9,12H,10H2,1-4H3;6-10H,1-4H3;5,7,9-10H,6,8H2,1-4H3/t17-,19+,20+;2*17-,19+,20-;12?,18-,19-;18-,19-;17-,18-/m111000/s1. The molecule has 18 aliphatic carbocycles. The van der Waals surface area contributed by atoms with Crippen molar-refractivity contribution < 1.29 is 101 Å². The molecular formula is C116H134N2O21. The van der Waals surface area contributed by atoms with Gasteiger partial charge < -0.3 is 23.9 Å². The average molecular weight is 1890 g/mol. The third kappa shape index (κ3) is 16.1. The number of esters is 3. The smallest absolute Gasteiger partial charge is 0.302 e. The van der Waals surface area contributed by atoms with E-state index < -0.39 is 89.2 Å². The Labute approximate surface area is 816 Å². The Hall–Kier alpha value is -11.7. The summed E-state index contributed by atoms with van der Waals surface area (Å²) in [6, 6.07) is -0.744. The van der Waals surface area contributed by atoms with Crippen molar-refractivity contribution in [3.05, 3.63) is 211 Å². The number of ketones is 15. The fraction of sp³-hybridized carbons (Fsp3) is 0.552. The maximum absolute atomic E-state index is 13.1. The first-order valence-electron chi connectivity index (χ1n) is 48.7. The van der Waals surface area contributed by atoms with Gasteiger partial charge in [-0.2, -0.15) is 0 Å². The molecule has 139 heavy (non-hydrogen) atoms. The van der Waals surface area contributed by atoms with Crippen LogP contribution in [0.2, 0.25) is 0 Å². The molecule has 5 fully saturated rings. The lowest BCUT2D eigenvalue weighted by molar-refractivity contribution is -0.158. The third-order valence-electron chi connectivity index (χ3n) is 36.2. The fourth-order valence-corrected chi connectivity index (χ4v) is 27.9. The van der Waals surface area contributed by atoms with Gasteiger partial charge in [0.2, 0.25) is 11.5 Å². The zero-order valence-electron chi connectivity index (χ0n) is 85.9. The molecule has 16 atom stereocenters. The van der Waals surface area contributed by atoms with E-state index in [0.717, 1.165) is 59.1 Å². The van der Waals surface area contributed by atoms with Crippen molar-refractivity contribution >= 4 is 105 Å². The lowest BCUT2D eigenvalue weighted by Crippen LogP contribution is -2.56. The first-order valence-corrected chi connectivity index (χ1v) is 48.7. The van der Waals surface area contributed by atoms with Crippen molar-refractivity contribution in [1.29, 1.82) is 0 Å². The molecule has 0 N–H and O–H groups in total. The van der Waals surface area contributed by atoms with Crippen LogP contribution >= 0.6 is 0 Å². The summed E-state index contributed by atoms with van der Waals surface area (Å²) in [5, 5.41) is 0. The van der Waals surface area contributed by atoms with Crippen molar-refractivity contribution in [3.63, 3.8) is 0 Å². The Balaban J connectivity index is 0.000000141. The second-order valence-electron chi connectivity index (χ2n) is 47.3. The van der Waals surface area contributed by atoms with Crippen LogP contribution in [0.15, 0.2) is 188 Å². The lowest BCUT2D eigenvalue weighted by Gasteiger charge is -2.56. The van der Waals surface area contributed by atoms with E-state index >= 15 is 0 Å². The highest BCUT2D eigenvalue weighted by atomic mass is 16.6. The third-order valence-corrected chi connectivity index (χ3v) is 36.2. The molecular weight excluding hydrogens is 1760 g/mol. The highest BCUT2D eigenvalue weighted by Gasteiger charge is 2.67. The van der Waals surface area contributed by atoms with Gasteiger partial charge in [0.05, 0.1) is 33.6 Å². The molecule has 0 amide bonds. The number of Topliss-reactive ketones (excluding diaryl/α,β-unsaturated/α-hetero) is 6. The van der Waals surface area contributed by atoms with E-state index in [1.165, 1.54) is 68.4 Å². The Morgan fingerprint density at radius 1 is 0.338 bits per heavy atom. The van der Waals surface area contributed by atoms with E-state index in [0.29, 0.717) is 85.9 Å². The minimum Gasteiger partial charge on any atom is -0.462 e. The monoisotopic (exact) mass is 1890 g/mol. The molecule has 0 heterocycles. The largest absolute Gasteiger partial charge is 0.462 e. The van der Waals surface area contributed by atoms with Crippen molar-refractivity contribution in [2.45, 2.75) is 308 Å². The zero-order valence-corrected chi connectivity index (χ0v) is 85.9. The van der Waals surface area contributed by atoms with Crippen LogP contribution in [0.5, 0.6) is 0 Å². The summed E-state index contributed by atoms with van der Waals surface area (Å²) in [4.78, 5) is 228. The Morgan fingerprint density at radius 2 is 0.683 bits per heavy atom. The van der Waals surface area contributed by atoms with E-state index in [1.54, 1.807) is 109 Å². The van der Waals surface area contributed by atoms with Crippen molar-refractivity contribution in [2.75, 3.05) is 0 Å². The summed E-state index contributed by atoms with van der Waals surface area (Å²) in [5.41, 5.74) is -0.214. The highest BCUT2D eigenvalue weighted by Crippen LogP contribution is 2.69. The minimum absolute atomic E-state index is 0.00547. The summed E-state index contributed by atoms with van der Waals surface area (Å²) in [6.45, 7) is 65.2. The number of carbonyl (C=O) groups excluding carboxylic acids is 18. The summed E-state index contributed by atoms with van der Waals surface area (Å²) in [7, 11) is 0. The maximum atomic E-state index is 13.1. The molecule has 0 aliphatic heterocycles. The number of fused-ring (bicyclic) bond motifs is 18. The molecule has 18 aliphatic rings. The second kappa shape index (κ2) is 34.3. The Bertz CT molecular complexity index is 6350. The molecule has 1 unspecified atom stereocenters. The van der Waals surface area contributed by atoms with Gasteiger partial charge in [-0.05, 0) is 278 Å². The summed E-state index contributed by atoms with van der Waals surface area (Å²) in [5.74, 6) is -1.65. The number of hydrogen-bond donors (Lipinski definition) is 0. The van der Waals surface area contributed by atoms with Crippen molar-refractivity contribution in [2.24, 2.45) is 97.5 Å². The molecule has 0 saturated heterocycles. The Kier molecular flexibility index (Phi) is 25.8. The predicted molar refractivity (Wildman–Crippen MR) is 520 cm³/mol. The molecule has 734 valence electrons. The number of rotatable bonds is 3. The fourth-order valence-electron chi connectivity index (χ4n) is 27.9. The second-order valence-corrected chi connectivity index (χ2v) is 47.3. The van der Waals surface area contributed by atoms with Crippen molar-refractivity contribution in [1.82, 2.24) is 0 Å². The molecule has 5 saturated carbocycles. The van der Waals surface area contributed by atoms with Gasteiger partial charge in [-0.15, -0.1) is 0 Å². The van der Waals surface area contributed by atoms with Gasteiger partial charge >= 0.3 is 17.9 Å². The minimum atomic E-state index is -1.06. The zero-order chi connectivity index (χ0) is 104. The Morgan fingerprint density at radius 3 is 1.12 bits per heavy atom. The molecule has 0 aromatic rings. The van der Waals surface area contributed by atoms with Gasteiger partial charge in [0.15, 0.2) is 57.8 Å². The molecule has 0 spiro atoms. The number of allylic oxidation sites excluding steroid dienone is 29. The van der Waals surface area contributed by atoms with Gasteiger partial charge in [-0.25, -0.2) is 11.4 Å². The molecule has 0 aromatic heterocycles. The number of nitrogens with zero attached hydrogens (tertiary/aromatic N) is 2. The molecule has 0 radical (unpaired) electrons. The van der Waals surface area contributed by atoms with Gasteiger partial charge in [0.1, 0.15) is 41.4 Å². The SMILES string of the molecule is CC(=O)O[C@@H]1CC(=O)C=C2[C@@]3(C)CCC(=O)C(C)(C)C3=CC(=O)[C@]21C.CC(=O)O[C@@H]1CC(=O)C=C2[C@@]3(C)CCC(=O)C(C)(C)C3=CC[C@]21C.CC(=O)O[C@@H]1CCC=C2[C@@]3(C)CCC(=O)C(C)(C)C3=CC[C@]21C.CC1(C)C(=O)CC[C@@]2(C)C1=CC(=O)[C@@]1(C)C=CC(=O)C=C12.[C-]#[N+]C1=C[C@@]2(C)C(=CC(=O)[C@@]3(C)C=CC(=O)C=C23)C(C)(C)C1=O.[C-]#[N+]C1C[C@@]2(C)C(=CC(=O)[C@@]3(C)C=CC(=O)C=C32)C(C)(C)C1=O. The normalized spacial score (nSPS) is 37.3. The van der Waals surface area contributed by atoms with Crippen LogP contribution in [0.1, 0.15) is 283 Å². The topological polar surface area (TPSA) is 344 Å². The van der Waals surface area contributed by atoms with E-state index in [4.69, 9.17) is 27.4 Å². The van der Waals surface area contributed by atoms with Gasteiger partial charge in [-0.1, -0.05) is 122 Å². The van der Waals surface area contributed by atoms with E-state index in [9.17, 15) is 86.3 Å². The van der Waals surface area contributed by atoms with Gasteiger partial charge in [0, 0.05) is 136 Å². The number of hydrogen-bond acceptors (Lipinski definition) is 21. The summed E-state index contributed by atoms with van der Waals surface area (Å²) < 4.78 is 16.6. The quantitative estimate of drug-likeness (QED) is 0.110. The predicted octanol–water partition coefficient (Wildman–Crippen LogP) is 19.5. The highest BCUT2D eigenvalue weighted by molar-refractivity contribution is 6.15. The van der Waals surface area contributed by atoms with Crippen LogP contribution in [-0.4, -0.2) is 129 Å². The summed E-state index contributed by atoms with van der Waals surface area (Å²) in [6.07, 6.45) is 39.5. The van der Waals surface area contributed by atoms with E-state index in [-0.39, 0.29) is 150 Å². The van der Waals surface area contributed by atoms with Crippen molar-refractivity contribution in [3.8, 4) is 0 Å². The first-order chi connectivity index (χ1) is 63.8. The van der Waals surface area contributed by atoms with Crippen LogP contribution in [0.4, 0.5) is 0 Å². The maximum Gasteiger partial charge on any atom is 0.302 e. The number of ether oxygens (including phenoxy) is 3. The van der Waals surface area contributed by atoms with Crippen LogP contribution in [0, 0.1) is 111 Å². The average Bonchev–Trinajstić information content (AvgIpc) is 0.706. The van der Waals surface area contributed by atoms with Gasteiger partial charge in [-0.3, -0.25) is 81.5 Å². The molecule has 23 nitrogen and oxygen atoms in total. The lowest BCUT2D eigenvalue weighted by atomic mass is 9.47. The molecule has 23 heteroatoms. The van der Waals surface area contributed by atoms with E-state index in [2.05, 4.69) is 76.4 Å².